The summed E-state index contributed by atoms with van der Waals surface area (Å²) in [5.74, 6) is -0.798. The minimum absolute atomic E-state index is 0.211. The van der Waals surface area contributed by atoms with E-state index in [0.717, 1.165) is 27.4 Å². The number of ether oxygens (including phenoxy) is 1. The second-order valence-corrected chi connectivity index (χ2v) is 10.1. The molecule has 3 aromatic carbocycles. The van der Waals surface area contributed by atoms with E-state index in [1.54, 1.807) is 26.8 Å². The van der Waals surface area contributed by atoms with Gasteiger partial charge in [-0.3, -0.25) is 4.79 Å². The molecular formula is C29H31N3O6. The quantitative estimate of drug-likeness (QED) is 0.249. The van der Waals surface area contributed by atoms with Crippen molar-refractivity contribution in [2.24, 2.45) is 0 Å². The highest BCUT2D eigenvalue weighted by atomic mass is 16.6. The predicted octanol–water partition coefficient (Wildman–Crippen LogP) is 5.53. The maximum atomic E-state index is 12.7. The van der Waals surface area contributed by atoms with Crippen LogP contribution in [0.25, 0.3) is 33.3 Å². The van der Waals surface area contributed by atoms with E-state index in [1.807, 2.05) is 54.6 Å². The van der Waals surface area contributed by atoms with Gasteiger partial charge in [-0.25, -0.2) is 14.6 Å². The summed E-state index contributed by atoms with van der Waals surface area (Å²) >= 11 is 0. The zero-order valence-electron chi connectivity index (χ0n) is 21.6. The number of benzene rings is 3. The number of carboxylic acids is 1. The standard InChI is InChI=1S/C29H31N3O6/c1-29(2,3)38-28(36)32-23(27(34)35)9-6-7-15-30-25(33)20-13-11-19-17-21(14-12-18(19)16-20)26-31-22-8-4-5-10-24(22)37-26/h4-5,8,10-14,16-17,23H,6-7,9,15H2,1-3H3,(H,30,33)(H,32,36)(H,34,35). The van der Waals surface area contributed by atoms with Crippen molar-refractivity contribution in [1.82, 2.24) is 15.6 Å². The van der Waals surface area contributed by atoms with E-state index in [1.165, 1.54) is 0 Å². The molecule has 3 N–H and O–H groups in total. The van der Waals surface area contributed by atoms with Crippen LogP contribution in [0.4, 0.5) is 4.79 Å². The van der Waals surface area contributed by atoms with Gasteiger partial charge >= 0.3 is 12.1 Å². The van der Waals surface area contributed by atoms with Crippen molar-refractivity contribution < 1.29 is 28.6 Å². The fourth-order valence-electron chi connectivity index (χ4n) is 4.00. The molecule has 1 heterocycles. The minimum atomic E-state index is -1.13. The second-order valence-electron chi connectivity index (χ2n) is 10.1. The molecule has 198 valence electrons. The fourth-order valence-corrected chi connectivity index (χ4v) is 4.00. The number of hydrogen-bond donors (Lipinski definition) is 3. The molecule has 9 nitrogen and oxygen atoms in total. The molecule has 0 spiro atoms. The first kappa shape index (κ1) is 26.7. The lowest BCUT2D eigenvalue weighted by molar-refractivity contribution is -0.139. The van der Waals surface area contributed by atoms with Gasteiger partial charge in [0.1, 0.15) is 17.2 Å². The summed E-state index contributed by atoms with van der Waals surface area (Å²) in [5, 5.41) is 16.5. The van der Waals surface area contributed by atoms with Gasteiger partial charge in [-0.05, 0) is 87.2 Å². The summed E-state index contributed by atoms with van der Waals surface area (Å²) < 4.78 is 11.0. The number of fused-ring (bicyclic) bond motifs is 2. The molecule has 38 heavy (non-hydrogen) atoms. The highest BCUT2D eigenvalue weighted by Gasteiger charge is 2.23. The van der Waals surface area contributed by atoms with E-state index in [0.29, 0.717) is 30.8 Å². The Balaban J connectivity index is 1.29. The van der Waals surface area contributed by atoms with E-state index >= 15 is 0 Å². The number of carbonyl (C=O) groups is 3. The minimum Gasteiger partial charge on any atom is -0.480 e. The van der Waals surface area contributed by atoms with E-state index in [2.05, 4.69) is 15.6 Å². The Labute approximate surface area is 220 Å². The van der Waals surface area contributed by atoms with Gasteiger partial charge in [0, 0.05) is 17.7 Å². The van der Waals surface area contributed by atoms with Gasteiger partial charge in [0.25, 0.3) is 5.91 Å². The Morgan fingerprint density at radius 1 is 1.00 bits per heavy atom. The summed E-state index contributed by atoms with van der Waals surface area (Å²) in [6.07, 6.45) is 0.523. The molecule has 0 radical (unpaired) electrons. The molecule has 0 aliphatic heterocycles. The Morgan fingerprint density at radius 2 is 1.74 bits per heavy atom. The van der Waals surface area contributed by atoms with E-state index in [9.17, 15) is 19.5 Å². The third-order valence-electron chi connectivity index (χ3n) is 5.84. The topological polar surface area (TPSA) is 131 Å². The number of oxazole rings is 1. The molecular weight excluding hydrogens is 486 g/mol. The van der Waals surface area contributed by atoms with Crippen molar-refractivity contribution in [3.8, 4) is 11.5 Å². The predicted molar refractivity (Wildman–Crippen MR) is 144 cm³/mol. The summed E-state index contributed by atoms with van der Waals surface area (Å²) in [5.41, 5.74) is 2.20. The largest absolute Gasteiger partial charge is 0.480 e. The molecule has 0 saturated heterocycles. The van der Waals surface area contributed by atoms with Gasteiger partial charge in [0.05, 0.1) is 0 Å². The Kier molecular flexibility index (Phi) is 7.95. The highest BCUT2D eigenvalue weighted by molar-refractivity contribution is 5.99. The Bertz CT molecular complexity index is 1440. The lowest BCUT2D eigenvalue weighted by Crippen LogP contribution is -2.43. The molecule has 2 amide bonds. The van der Waals surface area contributed by atoms with Crippen molar-refractivity contribution in [2.75, 3.05) is 6.54 Å². The summed E-state index contributed by atoms with van der Waals surface area (Å²) in [7, 11) is 0. The van der Waals surface area contributed by atoms with Gasteiger partial charge < -0.3 is 24.9 Å². The molecule has 4 aromatic rings. The number of nitrogens with one attached hydrogen (secondary N) is 2. The van der Waals surface area contributed by atoms with Crippen LogP contribution in [0.15, 0.2) is 65.1 Å². The molecule has 0 bridgehead atoms. The number of aliphatic carboxylic acids is 1. The van der Waals surface area contributed by atoms with E-state index < -0.39 is 23.7 Å². The van der Waals surface area contributed by atoms with Crippen LogP contribution in [0.2, 0.25) is 0 Å². The van der Waals surface area contributed by atoms with Crippen LogP contribution in [0, 0.1) is 0 Å². The molecule has 4 rings (SSSR count). The number of rotatable bonds is 9. The Morgan fingerprint density at radius 3 is 2.47 bits per heavy atom. The molecule has 1 unspecified atom stereocenters. The van der Waals surface area contributed by atoms with Crippen molar-refractivity contribution >= 4 is 39.8 Å². The molecule has 1 atom stereocenters. The third-order valence-corrected chi connectivity index (χ3v) is 5.84. The molecule has 1 aromatic heterocycles. The maximum Gasteiger partial charge on any atom is 0.408 e. The Hall–Kier alpha value is -4.40. The average molecular weight is 518 g/mol. The van der Waals surface area contributed by atoms with Gasteiger partial charge in [-0.15, -0.1) is 0 Å². The normalized spacial score (nSPS) is 12.3. The molecule has 0 aliphatic carbocycles. The molecule has 0 aliphatic rings. The van der Waals surface area contributed by atoms with Gasteiger partial charge in [-0.1, -0.05) is 24.3 Å². The average Bonchev–Trinajstić information content (AvgIpc) is 3.30. The van der Waals surface area contributed by atoms with Crippen LogP contribution < -0.4 is 10.6 Å². The van der Waals surface area contributed by atoms with Crippen LogP contribution in [-0.4, -0.2) is 46.2 Å². The number of carboxylic acid groups (broad SMARTS) is 1. The number of hydrogen-bond acceptors (Lipinski definition) is 6. The van der Waals surface area contributed by atoms with Gasteiger partial charge in [-0.2, -0.15) is 0 Å². The zero-order valence-corrected chi connectivity index (χ0v) is 21.6. The first-order valence-electron chi connectivity index (χ1n) is 12.5. The fraction of sp³-hybridized carbons (Fsp3) is 0.310. The third kappa shape index (κ3) is 6.88. The lowest BCUT2D eigenvalue weighted by atomic mass is 10.0. The summed E-state index contributed by atoms with van der Waals surface area (Å²) in [4.78, 5) is 40.5. The molecule has 0 fully saturated rings. The number of alkyl carbamates (subject to hydrolysis) is 1. The van der Waals surface area contributed by atoms with Gasteiger partial charge in [0.15, 0.2) is 5.58 Å². The van der Waals surface area contributed by atoms with Crippen molar-refractivity contribution in [2.45, 2.75) is 51.7 Å². The zero-order chi connectivity index (χ0) is 27.3. The number of para-hydroxylation sites is 2. The number of amides is 2. The lowest BCUT2D eigenvalue weighted by Gasteiger charge is -2.22. The number of carbonyl (C=O) groups excluding carboxylic acids is 2. The van der Waals surface area contributed by atoms with Gasteiger partial charge in [0.2, 0.25) is 5.89 Å². The summed E-state index contributed by atoms with van der Waals surface area (Å²) in [6.45, 7) is 5.50. The number of aromatic nitrogens is 1. The molecule has 0 saturated carbocycles. The number of unbranched alkanes of at least 4 members (excludes halogenated alkanes) is 1. The molecule has 9 heteroatoms. The van der Waals surface area contributed by atoms with Crippen LogP contribution in [-0.2, 0) is 9.53 Å². The maximum absolute atomic E-state index is 12.7. The van der Waals surface area contributed by atoms with E-state index in [4.69, 9.17) is 9.15 Å². The highest BCUT2D eigenvalue weighted by Crippen LogP contribution is 2.27. The first-order valence-corrected chi connectivity index (χ1v) is 12.5. The van der Waals surface area contributed by atoms with Crippen LogP contribution in [0.1, 0.15) is 50.4 Å². The van der Waals surface area contributed by atoms with Crippen LogP contribution >= 0.6 is 0 Å². The van der Waals surface area contributed by atoms with Crippen molar-refractivity contribution in [1.29, 1.82) is 0 Å². The second kappa shape index (κ2) is 11.3. The van der Waals surface area contributed by atoms with Crippen LogP contribution in [0.3, 0.4) is 0 Å². The monoisotopic (exact) mass is 517 g/mol. The van der Waals surface area contributed by atoms with Crippen molar-refractivity contribution in [3.63, 3.8) is 0 Å². The summed E-state index contributed by atoms with van der Waals surface area (Å²) in [6, 6.07) is 17.8. The first-order chi connectivity index (χ1) is 18.1. The number of nitrogens with zero attached hydrogens (tertiary/aromatic N) is 1. The van der Waals surface area contributed by atoms with Crippen molar-refractivity contribution in [3.05, 3.63) is 66.2 Å². The van der Waals surface area contributed by atoms with E-state index in [-0.39, 0.29) is 12.3 Å². The SMILES string of the molecule is CC(C)(C)OC(=O)NC(CCCCNC(=O)c1ccc2cc(-c3nc4ccccc4o3)ccc2c1)C(=O)O. The van der Waals surface area contributed by atoms with Crippen LogP contribution in [0.5, 0.6) is 0 Å². The smallest absolute Gasteiger partial charge is 0.408 e.